The van der Waals surface area contributed by atoms with Crippen LogP contribution < -0.4 is 5.32 Å². The van der Waals surface area contributed by atoms with Gasteiger partial charge in [-0.2, -0.15) is 5.26 Å². The fraction of sp³-hybridized carbons (Fsp3) is 0.125. The van der Waals surface area contributed by atoms with Crippen LogP contribution in [0.2, 0.25) is 0 Å². The summed E-state index contributed by atoms with van der Waals surface area (Å²) in [6.45, 7) is 0.345. The Hall–Kier alpha value is -0.280. The molecule has 0 fully saturated rings. The average Bonchev–Trinajstić information content (AvgIpc) is 2.07. The number of hydrogen-bond acceptors (Lipinski definition) is 2. The van der Waals surface area contributed by atoms with Crippen LogP contribution in [0.3, 0.4) is 0 Å². The molecule has 0 saturated heterocycles. The van der Waals surface area contributed by atoms with Crippen LogP contribution in [-0.2, 0) is 0 Å². The molecule has 0 amide bonds. The number of nitrogens with one attached hydrogen (secondary N) is 1. The summed E-state index contributed by atoms with van der Waals surface area (Å²) in [5, 5.41) is 11.3. The van der Waals surface area contributed by atoms with Crippen LogP contribution >= 0.6 is 38.5 Å². The van der Waals surface area contributed by atoms with E-state index in [0.29, 0.717) is 6.54 Å². The Morgan fingerprint density at radius 1 is 1.58 bits per heavy atom. The molecule has 62 valence electrons. The fourth-order valence-electron chi connectivity index (χ4n) is 0.748. The van der Waals surface area contributed by atoms with Crippen molar-refractivity contribution in [3.8, 4) is 6.07 Å². The maximum atomic E-state index is 8.33. The molecule has 0 radical (unpaired) electrons. The fourth-order valence-corrected chi connectivity index (χ4v) is 1.51. The maximum Gasteiger partial charge on any atom is 0.103 e. The van der Waals surface area contributed by atoms with E-state index >= 15 is 0 Å². The third-order valence-corrected chi connectivity index (χ3v) is 3.62. The number of nitrogens with zero attached hydrogens (tertiary/aromatic N) is 1. The summed E-state index contributed by atoms with van der Waals surface area (Å²) in [7, 11) is 0. The number of hydrogen-bond donors (Lipinski definition) is 1. The molecule has 1 aromatic rings. The van der Waals surface area contributed by atoms with Crippen LogP contribution in [0, 0.1) is 14.9 Å². The van der Waals surface area contributed by atoms with Crippen molar-refractivity contribution in [2.24, 2.45) is 0 Å². The predicted molar refractivity (Wildman–Crippen MR) is 61.0 cm³/mol. The van der Waals surface area contributed by atoms with Crippen molar-refractivity contribution in [2.45, 2.75) is 0 Å². The van der Waals surface area contributed by atoms with Crippen molar-refractivity contribution in [2.75, 3.05) is 11.9 Å². The van der Waals surface area contributed by atoms with Crippen molar-refractivity contribution >= 4 is 44.2 Å². The first-order valence-electron chi connectivity index (χ1n) is 3.30. The highest BCUT2D eigenvalue weighted by molar-refractivity contribution is 14.1. The molecule has 0 aliphatic rings. The average molecular weight is 337 g/mol. The van der Waals surface area contributed by atoms with Gasteiger partial charge in [-0.1, -0.05) is 0 Å². The van der Waals surface area contributed by atoms with E-state index in [4.69, 9.17) is 5.26 Å². The summed E-state index contributed by atoms with van der Waals surface area (Å²) in [5.74, 6) is 0. The predicted octanol–water partition coefficient (Wildman–Crippen LogP) is 2.99. The molecule has 0 aliphatic heterocycles. The highest BCUT2D eigenvalue weighted by Gasteiger charge is 1.96. The van der Waals surface area contributed by atoms with Gasteiger partial charge in [0.2, 0.25) is 0 Å². The van der Waals surface area contributed by atoms with Gasteiger partial charge < -0.3 is 5.32 Å². The van der Waals surface area contributed by atoms with Crippen molar-refractivity contribution in [1.29, 1.82) is 5.26 Å². The monoisotopic (exact) mass is 336 g/mol. The third kappa shape index (κ3) is 2.64. The number of anilines is 1. The first-order valence-corrected chi connectivity index (χ1v) is 5.17. The maximum absolute atomic E-state index is 8.33. The zero-order valence-corrected chi connectivity index (χ0v) is 9.89. The van der Waals surface area contributed by atoms with Gasteiger partial charge in [-0.15, -0.1) is 0 Å². The highest BCUT2D eigenvalue weighted by Crippen LogP contribution is 2.22. The SMILES string of the molecule is N#CCNc1ccc(Br)c(I)c1. The molecular weight excluding hydrogens is 331 g/mol. The molecule has 1 aromatic carbocycles. The summed E-state index contributed by atoms with van der Waals surface area (Å²) in [6.07, 6.45) is 0. The summed E-state index contributed by atoms with van der Waals surface area (Å²) < 4.78 is 2.21. The van der Waals surface area contributed by atoms with Crippen LogP contribution in [0.25, 0.3) is 0 Å². The molecule has 0 heterocycles. The van der Waals surface area contributed by atoms with E-state index in [9.17, 15) is 0 Å². The summed E-state index contributed by atoms with van der Waals surface area (Å²) in [6, 6.07) is 7.91. The Balaban J connectivity index is 2.77. The normalized spacial score (nSPS) is 9.08. The van der Waals surface area contributed by atoms with Gasteiger partial charge in [0.25, 0.3) is 0 Å². The summed E-state index contributed by atoms with van der Waals surface area (Å²) >= 11 is 5.63. The lowest BCUT2D eigenvalue weighted by molar-refractivity contribution is 1.31. The first-order chi connectivity index (χ1) is 5.74. The molecule has 0 bridgehead atoms. The van der Waals surface area contributed by atoms with Crippen LogP contribution in [0.4, 0.5) is 5.69 Å². The van der Waals surface area contributed by atoms with E-state index < -0.39 is 0 Å². The van der Waals surface area contributed by atoms with Crippen molar-refractivity contribution < 1.29 is 0 Å². The van der Waals surface area contributed by atoms with Crippen LogP contribution in [0.15, 0.2) is 22.7 Å². The molecule has 4 heteroatoms. The van der Waals surface area contributed by atoms with Gasteiger partial charge >= 0.3 is 0 Å². The van der Waals surface area contributed by atoms with Crippen molar-refractivity contribution in [1.82, 2.24) is 0 Å². The second-order valence-corrected chi connectivity index (χ2v) is 4.16. The molecule has 1 rings (SSSR count). The standard InChI is InChI=1S/C8H6BrIN2/c9-7-2-1-6(5-8(7)10)12-4-3-11/h1-2,5,12H,4H2. The minimum Gasteiger partial charge on any atom is -0.372 e. The van der Waals surface area contributed by atoms with Crippen molar-refractivity contribution in [3.05, 3.63) is 26.2 Å². The quantitative estimate of drug-likeness (QED) is 0.665. The Kier molecular flexibility index (Phi) is 3.82. The summed E-state index contributed by atoms with van der Waals surface area (Å²) in [4.78, 5) is 0. The number of rotatable bonds is 2. The Labute approximate surface area is 93.2 Å². The zero-order chi connectivity index (χ0) is 8.97. The van der Waals surface area contributed by atoms with E-state index in [1.807, 2.05) is 24.3 Å². The van der Waals surface area contributed by atoms with Gasteiger partial charge in [0.05, 0.1) is 6.07 Å². The molecule has 2 nitrogen and oxygen atoms in total. The largest absolute Gasteiger partial charge is 0.372 e. The molecule has 0 saturated carbocycles. The molecule has 0 unspecified atom stereocenters. The Morgan fingerprint density at radius 2 is 2.33 bits per heavy atom. The second kappa shape index (κ2) is 4.67. The van der Waals surface area contributed by atoms with E-state index in [0.717, 1.165) is 13.7 Å². The molecule has 0 spiro atoms. The Morgan fingerprint density at radius 3 is 2.92 bits per heavy atom. The van der Waals surface area contributed by atoms with Gasteiger partial charge in [-0.25, -0.2) is 0 Å². The van der Waals surface area contributed by atoms with Crippen LogP contribution in [0.5, 0.6) is 0 Å². The van der Waals surface area contributed by atoms with Crippen LogP contribution in [-0.4, -0.2) is 6.54 Å². The smallest absolute Gasteiger partial charge is 0.103 e. The molecule has 0 aliphatic carbocycles. The molecular formula is C8H6BrIN2. The van der Waals surface area contributed by atoms with Crippen molar-refractivity contribution in [3.63, 3.8) is 0 Å². The topological polar surface area (TPSA) is 35.8 Å². The van der Waals surface area contributed by atoms with Gasteiger partial charge in [0.15, 0.2) is 0 Å². The van der Waals surface area contributed by atoms with Crippen LogP contribution in [0.1, 0.15) is 0 Å². The summed E-state index contributed by atoms with van der Waals surface area (Å²) in [5.41, 5.74) is 0.976. The third-order valence-electron chi connectivity index (χ3n) is 1.29. The Bertz CT molecular complexity index is 319. The number of benzene rings is 1. The molecule has 1 N–H and O–H groups in total. The van der Waals surface area contributed by atoms with E-state index in [1.165, 1.54) is 0 Å². The van der Waals surface area contributed by atoms with Gasteiger partial charge in [0.1, 0.15) is 6.54 Å². The van der Waals surface area contributed by atoms with E-state index in [-0.39, 0.29) is 0 Å². The lowest BCUT2D eigenvalue weighted by Crippen LogP contribution is -1.98. The number of nitriles is 1. The minimum absolute atomic E-state index is 0.345. The lowest BCUT2D eigenvalue weighted by atomic mass is 10.3. The van der Waals surface area contributed by atoms with E-state index in [1.54, 1.807) is 0 Å². The molecule has 0 aromatic heterocycles. The zero-order valence-electron chi connectivity index (χ0n) is 6.14. The first kappa shape index (κ1) is 9.81. The minimum atomic E-state index is 0.345. The molecule has 12 heavy (non-hydrogen) atoms. The second-order valence-electron chi connectivity index (χ2n) is 2.14. The highest BCUT2D eigenvalue weighted by atomic mass is 127. The van der Waals surface area contributed by atoms with E-state index in [2.05, 4.69) is 43.8 Å². The molecule has 0 atom stereocenters. The van der Waals surface area contributed by atoms with Gasteiger partial charge in [-0.3, -0.25) is 0 Å². The van der Waals surface area contributed by atoms with Gasteiger partial charge in [0, 0.05) is 13.7 Å². The van der Waals surface area contributed by atoms with Gasteiger partial charge in [-0.05, 0) is 56.7 Å². The lowest BCUT2D eigenvalue weighted by Gasteiger charge is -2.02. The number of halogens is 2.